The first kappa shape index (κ1) is 12.9. The topological polar surface area (TPSA) is 55.1 Å². The van der Waals surface area contributed by atoms with E-state index in [1.165, 1.54) is 19.3 Å². The Hall–Kier alpha value is -0.570. The van der Waals surface area contributed by atoms with Crippen LogP contribution in [-0.4, -0.2) is 18.5 Å². The summed E-state index contributed by atoms with van der Waals surface area (Å²) in [6, 6.07) is 0.346. The minimum atomic E-state index is 0.183. The third-order valence-electron chi connectivity index (χ3n) is 5.18. The van der Waals surface area contributed by atoms with E-state index < -0.39 is 0 Å². The zero-order valence-corrected chi connectivity index (χ0v) is 11.4. The fraction of sp³-hybridized carbons (Fsp3) is 0.929. The molecule has 2 rings (SSSR count). The maximum Gasteiger partial charge on any atom is 0.220 e. The van der Waals surface area contributed by atoms with E-state index in [2.05, 4.69) is 26.1 Å². The molecule has 3 atom stereocenters. The van der Waals surface area contributed by atoms with Crippen LogP contribution in [0.2, 0.25) is 0 Å². The molecule has 0 aromatic heterocycles. The van der Waals surface area contributed by atoms with Crippen molar-refractivity contribution in [3.63, 3.8) is 0 Å². The molecule has 3 unspecified atom stereocenters. The third-order valence-corrected chi connectivity index (χ3v) is 5.18. The van der Waals surface area contributed by atoms with Gasteiger partial charge in [0.1, 0.15) is 0 Å². The molecule has 2 bridgehead atoms. The smallest absolute Gasteiger partial charge is 0.220 e. The van der Waals surface area contributed by atoms with Gasteiger partial charge in [-0.2, -0.15) is 0 Å². The Morgan fingerprint density at radius 3 is 2.65 bits per heavy atom. The summed E-state index contributed by atoms with van der Waals surface area (Å²) in [5.41, 5.74) is 6.03. The predicted molar refractivity (Wildman–Crippen MR) is 69.4 cm³/mol. The molecule has 2 saturated carbocycles. The van der Waals surface area contributed by atoms with Crippen LogP contribution in [0.25, 0.3) is 0 Å². The summed E-state index contributed by atoms with van der Waals surface area (Å²) in [6.45, 7) is 7.57. The van der Waals surface area contributed by atoms with E-state index >= 15 is 0 Å². The lowest BCUT2D eigenvalue weighted by molar-refractivity contribution is -0.123. The predicted octanol–water partition coefficient (Wildman–Crippen LogP) is 2.06. The maximum atomic E-state index is 11.9. The minimum absolute atomic E-state index is 0.183. The average molecular weight is 238 g/mol. The first-order valence-electron chi connectivity index (χ1n) is 6.89. The lowest BCUT2D eigenvalue weighted by atomic mass is 9.68. The van der Waals surface area contributed by atoms with Gasteiger partial charge < -0.3 is 11.1 Å². The number of carbonyl (C=O) groups excluding carboxylic acids is 1. The zero-order valence-electron chi connectivity index (χ0n) is 11.4. The van der Waals surface area contributed by atoms with Crippen LogP contribution in [0.5, 0.6) is 0 Å². The molecule has 0 spiro atoms. The van der Waals surface area contributed by atoms with Crippen molar-refractivity contribution >= 4 is 5.91 Å². The van der Waals surface area contributed by atoms with E-state index in [4.69, 9.17) is 5.73 Å². The number of nitrogens with one attached hydrogen (secondary N) is 1. The van der Waals surface area contributed by atoms with Crippen LogP contribution in [0.15, 0.2) is 0 Å². The monoisotopic (exact) mass is 238 g/mol. The van der Waals surface area contributed by atoms with Gasteiger partial charge >= 0.3 is 0 Å². The van der Waals surface area contributed by atoms with Crippen LogP contribution in [0.1, 0.15) is 52.9 Å². The highest BCUT2D eigenvalue weighted by Crippen LogP contribution is 2.62. The molecule has 17 heavy (non-hydrogen) atoms. The van der Waals surface area contributed by atoms with Crippen molar-refractivity contribution in [2.24, 2.45) is 22.5 Å². The van der Waals surface area contributed by atoms with Gasteiger partial charge in [0.05, 0.1) is 0 Å². The summed E-state index contributed by atoms with van der Waals surface area (Å²) in [4.78, 5) is 11.9. The van der Waals surface area contributed by atoms with Gasteiger partial charge in [-0.15, -0.1) is 0 Å². The van der Waals surface area contributed by atoms with Crippen LogP contribution in [0, 0.1) is 16.7 Å². The summed E-state index contributed by atoms with van der Waals surface area (Å²) >= 11 is 0. The number of amides is 1. The Morgan fingerprint density at radius 1 is 1.41 bits per heavy atom. The summed E-state index contributed by atoms with van der Waals surface area (Å²) in [7, 11) is 0. The van der Waals surface area contributed by atoms with Crippen molar-refractivity contribution in [2.45, 2.75) is 58.9 Å². The minimum Gasteiger partial charge on any atom is -0.352 e. The Labute approximate surface area is 105 Å². The second-order valence-corrected chi connectivity index (χ2v) is 6.81. The summed E-state index contributed by atoms with van der Waals surface area (Å²) in [6.07, 6.45) is 5.24. The van der Waals surface area contributed by atoms with E-state index in [0.29, 0.717) is 24.4 Å². The van der Waals surface area contributed by atoms with E-state index in [0.717, 1.165) is 12.3 Å². The van der Waals surface area contributed by atoms with E-state index in [-0.39, 0.29) is 11.3 Å². The summed E-state index contributed by atoms with van der Waals surface area (Å²) in [5, 5.41) is 3.28. The van der Waals surface area contributed by atoms with Crippen LogP contribution in [-0.2, 0) is 4.79 Å². The molecule has 1 amide bonds. The van der Waals surface area contributed by atoms with Crippen LogP contribution < -0.4 is 11.1 Å². The van der Waals surface area contributed by atoms with Crippen LogP contribution >= 0.6 is 0 Å². The highest BCUT2D eigenvalue weighted by Gasteiger charge is 2.59. The Kier molecular flexibility index (Phi) is 3.23. The average Bonchev–Trinajstić information content (AvgIpc) is 2.73. The number of rotatable bonds is 4. The molecule has 3 heteroatoms. The standard InChI is InChI=1S/C14H26N2O/c1-13(2)10-6-7-14(3,9-10)12(13)16-11(17)5-4-8-15/h10,12H,4-9,15H2,1-3H3,(H,16,17). The van der Waals surface area contributed by atoms with Gasteiger partial charge in [0, 0.05) is 12.5 Å². The second kappa shape index (κ2) is 4.27. The van der Waals surface area contributed by atoms with Gasteiger partial charge in [0.2, 0.25) is 5.91 Å². The first-order valence-corrected chi connectivity index (χ1v) is 6.89. The Balaban J connectivity index is 2.02. The number of carbonyl (C=O) groups is 1. The Morgan fingerprint density at radius 2 is 2.12 bits per heavy atom. The highest BCUT2D eigenvalue weighted by atomic mass is 16.1. The molecule has 0 radical (unpaired) electrons. The van der Waals surface area contributed by atoms with Gasteiger partial charge in [-0.05, 0) is 49.0 Å². The molecule has 0 aromatic rings. The summed E-state index contributed by atoms with van der Waals surface area (Å²) in [5.74, 6) is 0.967. The highest BCUT2D eigenvalue weighted by molar-refractivity contribution is 5.76. The van der Waals surface area contributed by atoms with E-state index in [1.54, 1.807) is 0 Å². The zero-order chi connectivity index (χ0) is 12.7. The van der Waals surface area contributed by atoms with Crippen molar-refractivity contribution in [1.82, 2.24) is 5.32 Å². The van der Waals surface area contributed by atoms with Crippen LogP contribution in [0.4, 0.5) is 0 Å². The number of fused-ring (bicyclic) bond motifs is 2. The van der Waals surface area contributed by atoms with Crippen molar-refractivity contribution in [3.8, 4) is 0 Å². The first-order chi connectivity index (χ1) is 7.90. The van der Waals surface area contributed by atoms with Gasteiger partial charge in [0.15, 0.2) is 0 Å². The number of hydrogen-bond donors (Lipinski definition) is 2. The number of nitrogens with two attached hydrogens (primary N) is 1. The van der Waals surface area contributed by atoms with Gasteiger partial charge in [-0.25, -0.2) is 0 Å². The van der Waals surface area contributed by atoms with Crippen molar-refractivity contribution in [2.75, 3.05) is 6.54 Å². The van der Waals surface area contributed by atoms with Crippen molar-refractivity contribution < 1.29 is 4.79 Å². The van der Waals surface area contributed by atoms with E-state index in [9.17, 15) is 4.79 Å². The molecular weight excluding hydrogens is 212 g/mol. The molecule has 3 nitrogen and oxygen atoms in total. The van der Waals surface area contributed by atoms with Gasteiger partial charge in [0.25, 0.3) is 0 Å². The SMILES string of the molecule is CC12CCC(C1)C(C)(C)C2NC(=O)CCCN. The normalized spacial score (nSPS) is 38.4. The van der Waals surface area contributed by atoms with Crippen molar-refractivity contribution in [3.05, 3.63) is 0 Å². The molecular formula is C14H26N2O. The van der Waals surface area contributed by atoms with Gasteiger partial charge in [-0.3, -0.25) is 4.79 Å². The molecule has 0 heterocycles. The maximum absolute atomic E-state index is 11.9. The molecule has 2 aliphatic rings. The molecule has 2 fully saturated rings. The molecule has 0 aromatic carbocycles. The molecule has 98 valence electrons. The molecule has 2 aliphatic carbocycles. The fourth-order valence-corrected chi connectivity index (χ4v) is 4.16. The lowest BCUT2D eigenvalue weighted by Crippen LogP contribution is -2.52. The number of hydrogen-bond acceptors (Lipinski definition) is 2. The van der Waals surface area contributed by atoms with Gasteiger partial charge in [-0.1, -0.05) is 20.8 Å². The molecule has 0 aliphatic heterocycles. The Bertz CT molecular complexity index is 309. The second-order valence-electron chi connectivity index (χ2n) is 6.81. The molecule has 0 saturated heterocycles. The summed E-state index contributed by atoms with van der Waals surface area (Å²) < 4.78 is 0. The van der Waals surface area contributed by atoms with E-state index in [1.807, 2.05) is 0 Å². The largest absolute Gasteiger partial charge is 0.352 e. The van der Waals surface area contributed by atoms with Crippen molar-refractivity contribution in [1.29, 1.82) is 0 Å². The molecule has 3 N–H and O–H groups in total. The third kappa shape index (κ3) is 2.10. The lowest BCUT2D eigenvalue weighted by Gasteiger charge is -2.43. The van der Waals surface area contributed by atoms with Crippen LogP contribution in [0.3, 0.4) is 0 Å². The quantitative estimate of drug-likeness (QED) is 0.787. The fourth-order valence-electron chi connectivity index (χ4n) is 4.16.